The highest BCUT2D eigenvalue weighted by atomic mass is 14.9. The maximum absolute atomic E-state index is 4.63. The van der Waals surface area contributed by atoms with Crippen molar-refractivity contribution in [1.82, 2.24) is 15.3 Å². The summed E-state index contributed by atoms with van der Waals surface area (Å²) >= 11 is 0. The maximum Gasteiger partial charge on any atom is 0.0545 e. The summed E-state index contributed by atoms with van der Waals surface area (Å²) in [5.41, 5.74) is 4.52. The fourth-order valence-electron chi connectivity index (χ4n) is 2.11. The van der Waals surface area contributed by atoms with Gasteiger partial charge in [-0.3, -0.25) is 9.97 Å². The van der Waals surface area contributed by atoms with Crippen LogP contribution in [-0.2, 0) is 25.9 Å². The Morgan fingerprint density at radius 2 is 1.18 bits per heavy atom. The van der Waals surface area contributed by atoms with Gasteiger partial charge in [-0.1, -0.05) is 12.1 Å². The number of hydrogen-bond acceptors (Lipinski definition) is 3. The summed E-state index contributed by atoms with van der Waals surface area (Å²) in [6.45, 7) is 1.61. The first-order valence-electron chi connectivity index (χ1n) is 6.00. The number of rotatable bonds is 0. The van der Waals surface area contributed by atoms with Crippen molar-refractivity contribution in [1.29, 1.82) is 0 Å². The molecule has 0 aromatic carbocycles. The van der Waals surface area contributed by atoms with E-state index >= 15 is 0 Å². The van der Waals surface area contributed by atoms with Crippen molar-refractivity contribution in [2.24, 2.45) is 0 Å². The number of hydrogen-bond donors (Lipinski definition) is 1. The zero-order valence-electron chi connectivity index (χ0n) is 9.69. The summed E-state index contributed by atoms with van der Waals surface area (Å²) in [5, 5.41) is 3.38. The average Bonchev–Trinajstić information content (AvgIpc) is 2.38. The van der Waals surface area contributed by atoms with E-state index in [0.717, 1.165) is 48.7 Å². The lowest BCUT2D eigenvalue weighted by Crippen LogP contribution is -2.14. The molecule has 3 heterocycles. The van der Waals surface area contributed by atoms with Crippen molar-refractivity contribution in [3.8, 4) is 0 Å². The molecule has 1 aliphatic rings. The largest absolute Gasteiger partial charge is 0.306 e. The summed E-state index contributed by atoms with van der Waals surface area (Å²) in [5.74, 6) is 0. The molecule has 0 unspecified atom stereocenters. The minimum atomic E-state index is 0.805. The van der Waals surface area contributed by atoms with Crippen LogP contribution in [0, 0.1) is 0 Å². The van der Waals surface area contributed by atoms with Gasteiger partial charge in [0.25, 0.3) is 0 Å². The Bertz CT molecular complexity index is 475. The molecule has 1 N–H and O–H groups in total. The third-order valence-corrected chi connectivity index (χ3v) is 2.98. The Balaban J connectivity index is 1.92. The smallest absolute Gasteiger partial charge is 0.0545 e. The minimum Gasteiger partial charge on any atom is -0.306 e. The van der Waals surface area contributed by atoms with Gasteiger partial charge in [-0.25, -0.2) is 0 Å². The predicted octanol–water partition coefficient (Wildman–Crippen LogP) is 1.86. The Morgan fingerprint density at radius 3 is 1.71 bits per heavy atom. The SMILES string of the molecule is c1cc2nc(c1)CNCc1cccc(n1)CC2. The van der Waals surface area contributed by atoms with Gasteiger partial charge in [0.05, 0.1) is 11.4 Å². The van der Waals surface area contributed by atoms with Gasteiger partial charge in [0.15, 0.2) is 0 Å². The zero-order chi connectivity index (χ0) is 11.5. The summed E-state index contributed by atoms with van der Waals surface area (Å²) in [4.78, 5) is 9.26. The standard InChI is InChI=1S/C14H15N3/c1-3-11-7-8-12-4-2-6-14(17-12)10-15-9-13(5-1)16-11/h1-6,15H,7-10H2. The van der Waals surface area contributed by atoms with Crippen LogP contribution in [0.25, 0.3) is 0 Å². The first-order valence-corrected chi connectivity index (χ1v) is 6.00. The van der Waals surface area contributed by atoms with Gasteiger partial charge in [-0.2, -0.15) is 0 Å². The van der Waals surface area contributed by atoms with E-state index in [4.69, 9.17) is 0 Å². The molecule has 0 saturated carbocycles. The highest BCUT2D eigenvalue weighted by Gasteiger charge is 2.04. The molecule has 0 fully saturated rings. The van der Waals surface area contributed by atoms with E-state index in [9.17, 15) is 0 Å². The van der Waals surface area contributed by atoms with Gasteiger partial charge >= 0.3 is 0 Å². The fraction of sp³-hybridized carbons (Fsp3) is 0.286. The third-order valence-electron chi connectivity index (χ3n) is 2.98. The molecule has 3 heteroatoms. The Labute approximate surface area is 101 Å². The number of nitrogens with zero attached hydrogens (tertiary/aromatic N) is 2. The van der Waals surface area contributed by atoms with Crippen molar-refractivity contribution in [2.75, 3.05) is 0 Å². The van der Waals surface area contributed by atoms with Crippen molar-refractivity contribution in [3.05, 3.63) is 59.2 Å². The van der Waals surface area contributed by atoms with Gasteiger partial charge in [0, 0.05) is 24.5 Å². The van der Waals surface area contributed by atoms with Crippen molar-refractivity contribution in [3.63, 3.8) is 0 Å². The van der Waals surface area contributed by atoms with Crippen LogP contribution in [0.1, 0.15) is 22.8 Å². The molecule has 4 bridgehead atoms. The number of aromatic nitrogens is 2. The molecule has 17 heavy (non-hydrogen) atoms. The molecule has 2 aromatic rings. The molecule has 0 spiro atoms. The van der Waals surface area contributed by atoms with Gasteiger partial charge in [-0.15, -0.1) is 0 Å². The van der Waals surface area contributed by atoms with Crippen molar-refractivity contribution >= 4 is 0 Å². The maximum atomic E-state index is 4.63. The van der Waals surface area contributed by atoms with E-state index in [1.165, 1.54) is 0 Å². The molecular formula is C14H15N3. The molecule has 1 aliphatic heterocycles. The van der Waals surface area contributed by atoms with E-state index in [0.29, 0.717) is 0 Å². The molecule has 2 aromatic heterocycles. The molecule has 3 rings (SSSR count). The predicted molar refractivity (Wildman–Crippen MR) is 66.4 cm³/mol. The molecule has 3 nitrogen and oxygen atoms in total. The van der Waals surface area contributed by atoms with Crippen LogP contribution in [0.2, 0.25) is 0 Å². The lowest BCUT2D eigenvalue weighted by molar-refractivity contribution is 0.666. The molecule has 0 radical (unpaired) electrons. The lowest BCUT2D eigenvalue weighted by atomic mass is 10.1. The van der Waals surface area contributed by atoms with E-state index in [2.05, 4.69) is 51.7 Å². The number of fused-ring (bicyclic) bond motifs is 4. The van der Waals surface area contributed by atoms with E-state index in [-0.39, 0.29) is 0 Å². The fourth-order valence-corrected chi connectivity index (χ4v) is 2.11. The summed E-state index contributed by atoms with van der Waals surface area (Å²) in [6, 6.07) is 12.5. The van der Waals surface area contributed by atoms with Crippen LogP contribution in [0.4, 0.5) is 0 Å². The first-order chi connectivity index (χ1) is 8.40. The summed E-state index contributed by atoms with van der Waals surface area (Å²) < 4.78 is 0. The molecule has 0 atom stereocenters. The van der Waals surface area contributed by atoms with Crippen LogP contribution >= 0.6 is 0 Å². The molecule has 0 amide bonds. The van der Waals surface area contributed by atoms with E-state index in [1.807, 2.05) is 0 Å². The van der Waals surface area contributed by atoms with Gasteiger partial charge in [0.1, 0.15) is 0 Å². The Hall–Kier alpha value is -1.74. The van der Waals surface area contributed by atoms with Crippen molar-refractivity contribution < 1.29 is 0 Å². The van der Waals surface area contributed by atoms with E-state index in [1.54, 1.807) is 0 Å². The second-order valence-corrected chi connectivity index (χ2v) is 4.34. The zero-order valence-corrected chi connectivity index (χ0v) is 9.69. The Morgan fingerprint density at radius 1 is 0.706 bits per heavy atom. The second-order valence-electron chi connectivity index (χ2n) is 4.34. The summed E-state index contributed by atoms with van der Waals surface area (Å²) in [7, 11) is 0. The molecule has 86 valence electrons. The molecule has 0 saturated heterocycles. The quantitative estimate of drug-likeness (QED) is 0.743. The molecular weight excluding hydrogens is 210 g/mol. The van der Waals surface area contributed by atoms with E-state index < -0.39 is 0 Å². The topological polar surface area (TPSA) is 37.8 Å². The second kappa shape index (κ2) is 4.63. The third kappa shape index (κ3) is 2.50. The first kappa shape index (κ1) is 10.4. The number of pyridine rings is 2. The highest BCUT2D eigenvalue weighted by molar-refractivity contribution is 5.16. The van der Waals surface area contributed by atoms with Crippen LogP contribution in [0.5, 0.6) is 0 Å². The lowest BCUT2D eigenvalue weighted by Gasteiger charge is -2.04. The van der Waals surface area contributed by atoms with Crippen LogP contribution in [-0.4, -0.2) is 9.97 Å². The van der Waals surface area contributed by atoms with Gasteiger partial charge < -0.3 is 5.32 Å². The minimum absolute atomic E-state index is 0.805. The van der Waals surface area contributed by atoms with Gasteiger partial charge in [0.2, 0.25) is 0 Å². The van der Waals surface area contributed by atoms with Gasteiger partial charge in [-0.05, 0) is 37.1 Å². The monoisotopic (exact) mass is 225 g/mol. The number of aryl methyl sites for hydroxylation is 2. The number of nitrogens with one attached hydrogen (secondary N) is 1. The summed E-state index contributed by atoms with van der Waals surface area (Å²) in [6.07, 6.45) is 1.93. The van der Waals surface area contributed by atoms with Crippen LogP contribution in [0.15, 0.2) is 36.4 Å². The normalized spacial score (nSPS) is 15.1. The highest BCUT2D eigenvalue weighted by Crippen LogP contribution is 2.08. The Kier molecular flexibility index (Phi) is 2.84. The van der Waals surface area contributed by atoms with Crippen LogP contribution in [0.3, 0.4) is 0 Å². The van der Waals surface area contributed by atoms with Crippen LogP contribution < -0.4 is 5.32 Å². The average molecular weight is 225 g/mol. The molecule has 0 aliphatic carbocycles. The van der Waals surface area contributed by atoms with Crippen molar-refractivity contribution in [2.45, 2.75) is 25.9 Å².